The van der Waals surface area contributed by atoms with Crippen molar-refractivity contribution in [1.82, 2.24) is 4.98 Å². The Balaban J connectivity index is 2.23. The average Bonchev–Trinajstić information content (AvgIpc) is 2.41. The lowest BCUT2D eigenvalue weighted by atomic mass is 10.1. The third-order valence-corrected chi connectivity index (χ3v) is 3.33. The summed E-state index contributed by atoms with van der Waals surface area (Å²) in [6, 6.07) is 9.12. The van der Waals surface area contributed by atoms with Crippen molar-refractivity contribution in [2.75, 3.05) is 0 Å². The SMILES string of the molecule is CCc1cc(Oc2ccc(CO)c(C)n2)ccc1Cl. The zero-order valence-electron chi connectivity index (χ0n) is 11.0. The van der Waals surface area contributed by atoms with E-state index in [1.165, 1.54) is 0 Å². The first-order valence-electron chi connectivity index (χ1n) is 6.17. The van der Waals surface area contributed by atoms with Crippen LogP contribution in [0.25, 0.3) is 0 Å². The van der Waals surface area contributed by atoms with Crippen LogP contribution in [0.15, 0.2) is 30.3 Å². The second-order valence-corrected chi connectivity index (χ2v) is 4.67. The fraction of sp³-hybridized carbons (Fsp3) is 0.267. The summed E-state index contributed by atoms with van der Waals surface area (Å²) in [6.07, 6.45) is 0.853. The molecule has 0 saturated carbocycles. The molecule has 1 aromatic heterocycles. The van der Waals surface area contributed by atoms with Crippen molar-refractivity contribution < 1.29 is 9.84 Å². The summed E-state index contributed by atoms with van der Waals surface area (Å²) < 4.78 is 5.70. The van der Waals surface area contributed by atoms with Crippen molar-refractivity contribution in [3.05, 3.63) is 52.2 Å². The van der Waals surface area contributed by atoms with Gasteiger partial charge in [0, 0.05) is 16.8 Å². The molecule has 0 aliphatic carbocycles. The second-order valence-electron chi connectivity index (χ2n) is 4.26. The van der Waals surface area contributed by atoms with Crippen molar-refractivity contribution in [3.63, 3.8) is 0 Å². The molecule has 1 N–H and O–H groups in total. The number of aliphatic hydroxyl groups excluding tert-OH is 1. The van der Waals surface area contributed by atoms with E-state index in [-0.39, 0.29) is 6.61 Å². The summed E-state index contributed by atoms with van der Waals surface area (Å²) in [5.74, 6) is 1.23. The second kappa shape index (κ2) is 6.04. The van der Waals surface area contributed by atoms with Crippen LogP contribution in [0.3, 0.4) is 0 Å². The van der Waals surface area contributed by atoms with Gasteiger partial charge in [0.25, 0.3) is 0 Å². The number of nitrogens with zero attached hydrogens (tertiary/aromatic N) is 1. The molecule has 3 nitrogen and oxygen atoms in total. The van der Waals surface area contributed by atoms with E-state index in [4.69, 9.17) is 21.4 Å². The van der Waals surface area contributed by atoms with Crippen LogP contribution in [-0.2, 0) is 13.0 Å². The summed E-state index contributed by atoms with van der Waals surface area (Å²) in [4.78, 5) is 4.30. The molecule has 0 aliphatic heterocycles. The molecular formula is C15H16ClNO2. The lowest BCUT2D eigenvalue weighted by Crippen LogP contribution is -1.95. The van der Waals surface area contributed by atoms with Gasteiger partial charge in [0.1, 0.15) is 5.75 Å². The van der Waals surface area contributed by atoms with Crippen molar-refractivity contribution in [2.24, 2.45) is 0 Å². The van der Waals surface area contributed by atoms with E-state index >= 15 is 0 Å². The summed E-state index contributed by atoms with van der Waals surface area (Å²) >= 11 is 6.07. The smallest absolute Gasteiger partial charge is 0.219 e. The van der Waals surface area contributed by atoms with Crippen molar-refractivity contribution in [3.8, 4) is 11.6 Å². The number of hydrogen-bond acceptors (Lipinski definition) is 3. The Morgan fingerprint density at radius 1 is 1.21 bits per heavy atom. The summed E-state index contributed by atoms with van der Waals surface area (Å²) in [7, 11) is 0. The maximum Gasteiger partial charge on any atom is 0.219 e. The van der Waals surface area contributed by atoms with Gasteiger partial charge in [-0.2, -0.15) is 0 Å². The molecule has 0 bridgehead atoms. The largest absolute Gasteiger partial charge is 0.439 e. The highest BCUT2D eigenvalue weighted by Crippen LogP contribution is 2.26. The van der Waals surface area contributed by atoms with Crippen LogP contribution >= 0.6 is 11.6 Å². The summed E-state index contributed by atoms with van der Waals surface area (Å²) in [6.45, 7) is 3.88. The number of benzene rings is 1. The molecule has 2 rings (SSSR count). The average molecular weight is 278 g/mol. The van der Waals surface area contributed by atoms with E-state index in [2.05, 4.69) is 4.98 Å². The fourth-order valence-corrected chi connectivity index (χ4v) is 2.05. The highest BCUT2D eigenvalue weighted by Gasteiger charge is 2.05. The molecule has 0 amide bonds. The molecule has 0 spiro atoms. The van der Waals surface area contributed by atoms with E-state index in [9.17, 15) is 0 Å². The maximum absolute atomic E-state index is 9.10. The number of halogens is 1. The Morgan fingerprint density at radius 2 is 2.00 bits per heavy atom. The standard InChI is InChI=1S/C15H16ClNO2/c1-3-11-8-13(5-6-14(11)16)19-15-7-4-12(9-18)10(2)17-15/h4-8,18H,3,9H2,1-2H3. The summed E-state index contributed by atoms with van der Waals surface area (Å²) in [5, 5.41) is 9.85. The minimum atomic E-state index is -0.0138. The Morgan fingerprint density at radius 3 is 2.63 bits per heavy atom. The Hall–Kier alpha value is -1.58. The molecule has 0 fully saturated rings. The van der Waals surface area contributed by atoms with Crippen LogP contribution in [0.5, 0.6) is 11.6 Å². The van der Waals surface area contributed by atoms with Crippen molar-refractivity contribution in [1.29, 1.82) is 0 Å². The first-order valence-corrected chi connectivity index (χ1v) is 6.55. The van der Waals surface area contributed by atoms with Crippen LogP contribution in [0.2, 0.25) is 5.02 Å². The van der Waals surface area contributed by atoms with Gasteiger partial charge in [-0.1, -0.05) is 18.5 Å². The number of hydrogen-bond donors (Lipinski definition) is 1. The lowest BCUT2D eigenvalue weighted by molar-refractivity contribution is 0.280. The van der Waals surface area contributed by atoms with Crippen LogP contribution in [0, 0.1) is 6.92 Å². The first kappa shape index (κ1) is 13.8. The van der Waals surface area contributed by atoms with Crippen molar-refractivity contribution >= 4 is 11.6 Å². The van der Waals surface area contributed by atoms with Gasteiger partial charge in [-0.3, -0.25) is 0 Å². The number of aliphatic hydroxyl groups is 1. The molecule has 2 aromatic rings. The van der Waals surface area contributed by atoms with Gasteiger partial charge in [-0.15, -0.1) is 0 Å². The van der Waals surface area contributed by atoms with E-state index in [0.29, 0.717) is 11.6 Å². The van der Waals surface area contributed by atoms with Crippen LogP contribution < -0.4 is 4.74 Å². The fourth-order valence-electron chi connectivity index (χ4n) is 1.80. The number of rotatable bonds is 4. The first-order chi connectivity index (χ1) is 9.13. The maximum atomic E-state index is 9.10. The van der Waals surface area contributed by atoms with E-state index in [1.807, 2.05) is 38.1 Å². The van der Waals surface area contributed by atoms with Crippen LogP contribution in [0.4, 0.5) is 0 Å². The molecule has 0 aliphatic rings. The Kier molecular flexibility index (Phi) is 4.40. The zero-order chi connectivity index (χ0) is 13.8. The number of aryl methyl sites for hydroxylation is 2. The topological polar surface area (TPSA) is 42.4 Å². The van der Waals surface area contributed by atoms with Gasteiger partial charge in [0.15, 0.2) is 0 Å². The van der Waals surface area contributed by atoms with E-state index < -0.39 is 0 Å². The lowest BCUT2D eigenvalue weighted by Gasteiger charge is -2.09. The minimum absolute atomic E-state index is 0.0138. The molecule has 4 heteroatoms. The van der Waals surface area contributed by atoms with E-state index in [1.54, 1.807) is 6.07 Å². The predicted molar refractivity (Wildman–Crippen MR) is 75.8 cm³/mol. The number of pyridine rings is 1. The highest BCUT2D eigenvalue weighted by atomic mass is 35.5. The van der Waals surface area contributed by atoms with E-state index in [0.717, 1.165) is 28.3 Å². The molecule has 19 heavy (non-hydrogen) atoms. The normalized spacial score (nSPS) is 10.5. The van der Waals surface area contributed by atoms with Gasteiger partial charge < -0.3 is 9.84 Å². The quantitative estimate of drug-likeness (QED) is 0.922. The van der Waals surface area contributed by atoms with Gasteiger partial charge in [0.2, 0.25) is 5.88 Å². The van der Waals surface area contributed by atoms with Gasteiger partial charge in [-0.25, -0.2) is 4.98 Å². The van der Waals surface area contributed by atoms with Crippen LogP contribution in [-0.4, -0.2) is 10.1 Å². The molecule has 1 heterocycles. The van der Waals surface area contributed by atoms with Gasteiger partial charge in [0.05, 0.1) is 6.61 Å². The highest BCUT2D eigenvalue weighted by molar-refractivity contribution is 6.31. The Bertz CT molecular complexity index is 584. The van der Waals surface area contributed by atoms with Crippen LogP contribution in [0.1, 0.15) is 23.7 Å². The molecule has 0 radical (unpaired) electrons. The van der Waals surface area contributed by atoms with Gasteiger partial charge in [-0.05, 0) is 48.7 Å². The summed E-state index contributed by atoms with van der Waals surface area (Å²) in [5.41, 5.74) is 2.62. The molecule has 1 aromatic carbocycles. The number of ether oxygens (including phenoxy) is 1. The molecule has 0 saturated heterocycles. The van der Waals surface area contributed by atoms with Gasteiger partial charge >= 0.3 is 0 Å². The predicted octanol–water partition coefficient (Wildman–Crippen LogP) is 3.89. The minimum Gasteiger partial charge on any atom is -0.439 e. The molecule has 0 unspecified atom stereocenters. The van der Waals surface area contributed by atoms with Crippen molar-refractivity contribution in [2.45, 2.75) is 26.9 Å². The Labute approximate surface area is 117 Å². The zero-order valence-corrected chi connectivity index (χ0v) is 11.7. The molecular weight excluding hydrogens is 262 g/mol. The number of aromatic nitrogens is 1. The molecule has 100 valence electrons. The third kappa shape index (κ3) is 3.25. The monoisotopic (exact) mass is 277 g/mol. The third-order valence-electron chi connectivity index (χ3n) is 2.96. The molecule has 0 atom stereocenters.